The molecule has 0 heterocycles. The van der Waals surface area contributed by atoms with Gasteiger partial charge in [0.15, 0.2) is 0 Å². The van der Waals surface area contributed by atoms with Crippen molar-refractivity contribution in [3.8, 4) is 12.3 Å². The summed E-state index contributed by atoms with van der Waals surface area (Å²) in [5.41, 5.74) is 1.29. The van der Waals surface area contributed by atoms with E-state index in [1.54, 1.807) is 12.1 Å². The third-order valence-corrected chi connectivity index (χ3v) is 2.38. The standard InChI is InChI=1S/C12H12FN/c1-2-9-3-4-10(12(13)7-9)8-14-11-5-6-11/h1,3-4,7,11,14H,5-6,8H2. The molecule has 0 spiro atoms. The first-order valence-corrected chi connectivity index (χ1v) is 4.78. The molecule has 1 aliphatic rings. The quantitative estimate of drug-likeness (QED) is 0.718. The molecule has 0 aromatic heterocycles. The fourth-order valence-electron chi connectivity index (χ4n) is 1.32. The summed E-state index contributed by atoms with van der Waals surface area (Å²) in [5, 5.41) is 3.26. The SMILES string of the molecule is C#Cc1ccc(CNC2CC2)c(F)c1. The van der Waals surface area contributed by atoms with Gasteiger partial charge in [-0.05, 0) is 25.0 Å². The molecule has 0 unspecified atom stereocenters. The number of nitrogens with one attached hydrogen (secondary N) is 1. The summed E-state index contributed by atoms with van der Waals surface area (Å²) in [4.78, 5) is 0. The molecule has 1 aromatic carbocycles. The number of benzene rings is 1. The summed E-state index contributed by atoms with van der Waals surface area (Å²) in [6.07, 6.45) is 7.59. The molecule has 1 aromatic rings. The monoisotopic (exact) mass is 189 g/mol. The molecule has 1 aliphatic carbocycles. The Morgan fingerprint density at radius 2 is 2.29 bits per heavy atom. The van der Waals surface area contributed by atoms with Crippen molar-refractivity contribution in [1.29, 1.82) is 0 Å². The van der Waals surface area contributed by atoms with Crippen molar-refractivity contribution >= 4 is 0 Å². The van der Waals surface area contributed by atoms with Crippen LogP contribution in [0.2, 0.25) is 0 Å². The number of rotatable bonds is 3. The van der Waals surface area contributed by atoms with Gasteiger partial charge in [0.25, 0.3) is 0 Å². The van der Waals surface area contributed by atoms with Gasteiger partial charge in [-0.3, -0.25) is 0 Å². The van der Waals surface area contributed by atoms with Gasteiger partial charge in [-0.15, -0.1) is 6.42 Å². The Hall–Kier alpha value is -1.33. The zero-order valence-corrected chi connectivity index (χ0v) is 7.89. The molecule has 72 valence electrons. The van der Waals surface area contributed by atoms with E-state index in [-0.39, 0.29) is 5.82 Å². The number of halogens is 1. The van der Waals surface area contributed by atoms with Crippen LogP contribution >= 0.6 is 0 Å². The summed E-state index contributed by atoms with van der Waals surface area (Å²) in [7, 11) is 0. The van der Waals surface area contributed by atoms with Gasteiger partial charge in [-0.1, -0.05) is 12.0 Å². The Balaban J connectivity index is 2.05. The van der Waals surface area contributed by atoms with E-state index >= 15 is 0 Å². The van der Waals surface area contributed by atoms with E-state index in [0.717, 1.165) is 0 Å². The number of hydrogen-bond acceptors (Lipinski definition) is 1. The van der Waals surface area contributed by atoms with Crippen LogP contribution in [0.5, 0.6) is 0 Å². The maximum absolute atomic E-state index is 13.4. The summed E-state index contributed by atoms with van der Waals surface area (Å²) >= 11 is 0. The summed E-state index contributed by atoms with van der Waals surface area (Å²) in [6.45, 7) is 0.599. The van der Waals surface area contributed by atoms with Gasteiger partial charge in [0.05, 0.1) is 0 Å². The molecule has 0 radical (unpaired) electrons. The Morgan fingerprint density at radius 3 is 2.86 bits per heavy atom. The summed E-state index contributed by atoms with van der Waals surface area (Å²) in [6, 6.07) is 5.53. The molecule has 2 rings (SSSR count). The second-order valence-corrected chi connectivity index (χ2v) is 3.61. The van der Waals surface area contributed by atoms with Crippen molar-refractivity contribution in [2.24, 2.45) is 0 Å². The van der Waals surface area contributed by atoms with Crippen molar-refractivity contribution in [2.45, 2.75) is 25.4 Å². The topological polar surface area (TPSA) is 12.0 Å². The van der Waals surface area contributed by atoms with Gasteiger partial charge >= 0.3 is 0 Å². The van der Waals surface area contributed by atoms with E-state index in [9.17, 15) is 4.39 Å². The number of terminal acetylenes is 1. The highest BCUT2D eigenvalue weighted by Gasteiger charge is 2.20. The van der Waals surface area contributed by atoms with Gasteiger partial charge in [-0.25, -0.2) is 4.39 Å². The molecule has 0 saturated heterocycles. The van der Waals surface area contributed by atoms with Crippen LogP contribution < -0.4 is 5.32 Å². The Bertz CT molecular complexity index is 374. The first-order valence-electron chi connectivity index (χ1n) is 4.78. The van der Waals surface area contributed by atoms with Crippen molar-refractivity contribution < 1.29 is 4.39 Å². The predicted molar refractivity (Wildman–Crippen MR) is 54.2 cm³/mol. The molecule has 14 heavy (non-hydrogen) atoms. The van der Waals surface area contributed by atoms with Crippen LogP contribution in [-0.4, -0.2) is 6.04 Å². The van der Waals surface area contributed by atoms with Crippen LogP contribution in [0.15, 0.2) is 18.2 Å². The predicted octanol–water partition coefficient (Wildman–Crippen LogP) is 2.06. The molecule has 1 saturated carbocycles. The van der Waals surface area contributed by atoms with E-state index in [4.69, 9.17) is 6.42 Å². The van der Waals surface area contributed by atoms with Crippen LogP contribution in [0.1, 0.15) is 24.0 Å². The lowest BCUT2D eigenvalue weighted by Crippen LogP contribution is -2.16. The molecule has 0 aliphatic heterocycles. The van der Waals surface area contributed by atoms with Crippen LogP contribution in [0.3, 0.4) is 0 Å². The minimum atomic E-state index is -0.214. The van der Waals surface area contributed by atoms with E-state index in [1.165, 1.54) is 18.9 Å². The normalized spacial score (nSPS) is 15.1. The fourth-order valence-corrected chi connectivity index (χ4v) is 1.32. The van der Waals surface area contributed by atoms with Gasteiger partial charge in [-0.2, -0.15) is 0 Å². The average Bonchev–Trinajstić information content (AvgIpc) is 2.99. The minimum absolute atomic E-state index is 0.214. The maximum atomic E-state index is 13.4. The largest absolute Gasteiger partial charge is 0.310 e. The first kappa shape index (κ1) is 9.23. The highest BCUT2D eigenvalue weighted by Crippen LogP contribution is 2.20. The van der Waals surface area contributed by atoms with Crippen molar-refractivity contribution in [1.82, 2.24) is 5.32 Å². The average molecular weight is 189 g/mol. The zero-order chi connectivity index (χ0) is 9.97. The van der Waals surface area contributed by atoms with Gasteiger partial charge in [0.1, 0.15) is 5.82 Å². The molecule has 2 heteroatoms. The third-order valence-electron chi connectivity index (χ3n) is 2.38. The first-order chi connectivity index (χ1) is 6.79. The molecule has 0 atom stereocenters. The zero-order valence-electron chi connectivity index (χ0n) is 7.89. The Morgan fingerprint density at radius 1 is 1.50 bits per heavy atom. The lowest BCUT2D eigenvalue weighted by Gasteiger charge is -2.04. The smallest absolute Gasteiger partial charge is 0.128 e. The summed E-state index contributed by atoms with van der Waals surface area (Å²) < 4.78 is 13.4. The van der Waals surface area contributed by atoms with Gasteiger partial charge in [0, 0.05) is 23.7 Å². The second-order valence-electron chi connectivity index (χ2n) is 3.61. The van der Waals surface area contributed by atoms with Crippen molar-refractivity contribution in [2.75, 3.05) is 0 Å². The molecule has 1 nitrogen and oxygen atoms in total. The third kappa shape index (κ3) is 2.12. The molecule has 1 N–H and O–H groups in total. The van der Waals surface area contributed by atoms with Crippen LogP contribution in [0, 0.1) is 18.2 Å². The Kier molecular flexibility index (Phi) is 2.51. The van der Waals surface area contributed by atoms with Crippen molar-refractivity contribution in [3.05, 3.63) is 35.1 Å². The van der Waals surface area contributed by atoms with Gasteiger partial charge < -0.3 is 5.32 Å². The van der Waals surface area contributed by atoms with Crippen LogP contribution in [0.25, 0.3) is 0 Å². The second kappa shape index (κ2) is 3.81. The van der Waals surface area contributed by atoms with Crippen molar-refractivity contribution in [3.63, 3.8) is 0 Å². The fraction of sp³-hybridized carbons (Fsp3) is 0.333. The molecule has 1 fully saturated rings. The maximum Gasteiger partial charge on any atom is 0.128 e. The molecular formula is C12H12FN. The summed E-state index contributed by atoms with van der Waals surface area (Å²) in [5.74, 6) is 2.20. The highest BCUT2D eigenvalue weighted by molar-refractivity contribution is 5.35. The van der Waals surface area contributed by atoms with E-state index < -0.39 is 0 Å². The lowest BCUT2D eigenvalue weighted by molar-refractivity contribution is 0.586. The molecule has 0 bridgehead atoms. The van der Waals surface area contributed by atoms with E-state index in [1.807, 2.05) is 0 Å². The molecule has 0 amide bonds. The lowest BCUT2D eigenvalue weighted by atomic mass is 10.1. The van der Waals surface area contributed by atoms with Crippen LogP contribution in [0.4, 0.5) is 4.39 Å². The van der Waals surface area contributed by atoms with Crippen LogP contribution in [-0.2, 0) is 6.54 Å². The minimum Gasteiger partial charge on any atom is -0.310 e. The number of hydrogen-bond donors (Lipinski definition) is 1. The van der Waals surface area contributed by atoms with E-state index in [2.05, 4.69) is 11.2 Å². The highest BCUT2D eigenvalue weighted by atomic mass is 19.1. The van der Waals surface area contributed by atoms with E-state index in [0.29, 0.717) is 23.7 Å². The van der Waals surface area contributed by atoms with Gasteiger partial charge in [0.2, 0.25) is 0 Å². The molecular weight excluding hydrogens is 177 g/mol. The Labute approximate surface area is 83.3 Å².